The van der Waals surface area contributed by atoms with Crippen molar-refractivity contribution < 1.29 is 4.79 Å². The predicted octanol–water partition coefficient (Wildman–Crippen LogP) is 2.92. The number of imidazole rings is 1. The summed E-state index contributed by atoms with van der Waals surface area (Å²) in [6.07, 6.45) is 1.78. The highest BCUT2D eigenvalue weighted by molar-refractivity contribution is 7.13. The third kappa shape index (κ3) is 3.04. The highest BCUT2D eigenvalue weighted by Crippen LogP contribution is 2.21. The summed E-state index contributed by atoms with van der Waals surface area (Å²) in [5.74, 6) is -0.180. The number of aromatic nitrogens is 3. The molecule has 0 radical (unpaired) electrons. The van der Waals surface area contributed by atoms with Crippen LogP contribution in [0.2, 0.25) is 0 Å². The molecular weight excluding hydrogens is 348 g/mol. The van der Waals surface area contributed by atoms with Crippen LogP contribution in [0, 0.1) is 0 Å². The van der Waals surface area contributed by atoms with Gasteiger partial charge in [0.2, 0.25) is 0 Å². The van der Waals surface area contributed by atoms with Gasteiger partial charge in [0.15, 0.2) is 0 Å². The van der Waals surface area contributed by atoms with Crippen LogP contribution in [0.1, 0.15) is 15.9 Å². The van der Waals surface area contributed by atoms with Crippen LogP contribution in [0.15, 0.2) is 58.8 Å². The minimum atomic E-state index is -0.196. The van der Waals surface area contributed by atoms with Gasteiger partial charge in [-0.05, 0) is 23.8 Å². The molecule has 26 heavy (non-hydrogen) atoms. The number of thiazole rings is 1. The van der Waals surface area contributed by atoms with Crippen LogP contribution < -0.4 is 11.0 Å². The number of benzene rings is 2. The van der Waals surface area contributed by atoms with Gasteiger partial charge in [-0.3, -0.25) is 9.36 Å². The number of hydrogen-bond acceptors (Lipinski definition) is 4. The minimum Gasteiger partial charge on any atom is -0.348 e. The van der Waals surface area contributed by atoms with Crippen LogP contribution in [-0.2, 0) is 13.6 Å². The van der Waals surface area contributed by atoms with Crippen molar-refractivity contribution in [2.24, 2.45) is 7.05 Å². The van der Waals surface area contributed by atoms with Crippen LogP contribution in [0.25, 0.3) is 21.6 Å². The molecule has 4 rings (SSSR count). The van der Waals surface area contributed by atoms with Crippen LogP contribution in [0.5, 0.6) is 0 Å². The zero-order valence-corrected chi connectivity index (χ0v) is 14.8. The summed E-state index contributed by atoms with van der Waals surface area (Å²) in [6.45, 7) is 0.431. The number of aryl methyl sites for hydroxylation is 1. The molecule has 2 N–H and O–H groups in total. The van der Waals surface area contributed by atoms with E-state index >= 15 is 0 Å². The molecule has 7 heteroatoms. The minimum absolute atomic E-state index is 0.180. The molecule has 0 saturated heterocycles. The van der Waals surface area contributed by atoms with Gasteiger partial charge < -0.3 is 10.3 Å². The fourth-order valence-electron chi connectivity index (χ4n) is 2.79. The molecule has 0 bridgehead atoms. The molecule has 130 valence electrons. The van der Waals surface area contributed by atoms with E-state index in [4.69, 9.17) is 0 Å². The molecule has 2 aromatic heterocycles. The van der Waals surface area contributed by atoms with Gasteiger partial charge in [0, 0.05) is 36.3 Å². The molecule has 0 spiro atoms. The summed E-state index contributed by atoms with van der Waals surface area (Å²) in [5.41, 5.74) is 3.81. The van der Waals surface area contributed by atoms with E-state index in [1.54, 1.807) is 42.8 Å². The van der Waals surface area contributed by atoms with Crippen molar-refractivity contribution in [1.29, 1.82) is 0 Å². The molecule has 0 aliphatic rings. The summed E-state index contributed by atoms with van der Waals surface area (Å²) in [4.78, 5) is 31.1. The average Bonchev–Trinajstić information content (AvgIpc) is 3.29. The Morgan fingerprint density at radius 2 is 2.04 bits per heavy atom. The number of hydrogen-bond donors (Lipinski definition) is 2. The van der Waals surface area contributed by atoms with E-state index in [1.807, 2.05) is 29.6 Å². The van der Waals surface area contributed by atoms with Gasteiger partial charge in [0.25, 0.3) is 5.91 Å². The molecule has 0 fully saturated rings. The summed E-state index contributed by atoms with van der Waals surface area (Å²) in [6, 6.07) is 13.1. The summed E-state index contributed by atoms with van der Waals surface area (Å²) >= 11 is 1.59. The van der Waals surface area contributed by atoms with Crippen LogP contribution in [0.4, 0.5) is 0 Å². The average molecular weight is 364 g/mol. The van der Waals surface area contributed by atoms with Crippen LogP contribution in [0.3, 0.4) is 0 Å². The Kier molecular flexibility index (Phi) is 4.14. The maximum absolute atomic E-state index is 12.4. The molecular formula is C19H16N4O2S. The van der Waals surface area contributed by atoms with Gasteiger partial charge >= 0.3 is 5.69 Å². The molecule has 0 aliphatic heterocycles. The number of nitrogens with zero attached hydrogens (tertiary/aromatic N) is 2. The second-order valence-corrected chi connectivity index (χ2v) is 6.83. The first kappa shape index (κ1) is 16.3. The maximum atomic E-state index is 12.4. The molecule has 1 amide bonds. The predicted molar refractivity (Wildman–Crippen MR) is 102 cm³/mol. The molecule has 0 aliphatic carbocycles. The third-order valence-corrected chi connectivity index (χ3v) is 5.07. The largest absolute Gasteiger partial charge is 0.348 e. The Labute approximate surface area is 153 Å². The van der Waals surface area contributed by atoms with Crippen molar-refractivity contribution in [3.05, 3.63) is 75.7 Å². The summed E-state index contributed by atoms with van der Waals surface area (Å²) in [5, 5.41) is 5.83. The van der Waals surface area contributed by atoms with Gasteiger partial charge in [0.1, 0.15) is 5.01 Å². The number of carbonyl (C=O) groups is 1. The first-order valence-corrected chi connectivity index (χ1v) is 8.95. The number of nitrogens with one attached hydrogen (secondary N) is 2. The first-order chi connectivity index (χ1) is 12.6. The highest BCUT2D eigenvalue weighted by atomic mass is 32.1. The van der Waals surface area contributed by atoms with Crippen LogP contribution in [-0.4, -0.2) is 20.4 Å². The SMILES string of the molecule is Cn1c(=O)[nH]c2cc(C(=O)NCc3ccc(-c4nccs4)cc3)ccc21. The second kappa shape index (κ2) is 6.61. The van der Waals surface area contributed by atoms with Crippen LogP contribution >= 0.6 is 11.3 Å². The molecule has 2 aromatic carbocycles. The zero-order valence-electron chi connectivity index (χ0n) is 14.0. The van der Waals surface area contributed by atoms with Gasteiger partial charge in [-0.1, -0.05) is 24.3 Å². The van der Waals surface area contributed by atoms with E-state index in [1.165, 1.54) is 4.57 Å². The van der Waals surface area contributed by atoms with E-state index < -0.39 is 0 Å². The lowest BCUT2D eigenvalue weighted by atomic mass is 10.1. The van der Waals surface area contributed by atoms with Gasteiger partial charge in [-0.2, -0.15) is 0 Å². The normalized spacial score (nSPS) is 11.0. The van der Waals surface area contributed by atoms with Gasteiger partial charge in [-0.25, -0.2) is 9.78 Å². The lowest BCUT2D eigenvalue weighted by molar-refractivity contribution is 0.0951. The van der Waals surface area contributed by atoms with Crippen molar-refractivity contribution >= 4 is 28.3 Å². The molecule has 0 atom stereocenters. The molecule has 4 aromatic rings. The smallest absolute Gasteiger partial charge is 0.326 e. The Hall–Kier alpha value is -3.19. The van der Waals surface area contributed by atoms with Gasteiger partial charge in [-0.15, -0.1) is 11.3 Å². The molecule has 0 saturated carbocycles. The Morgan fingerprint density at radius 3 is 2.77 bits per heavy atom. The monoisotopic (exact) mass is 364 g/mol. The summed E-state index contributed by atoms with van der Waals surface area (Å²) in [7, 11) is 1.69. The molecule has 0 unspecified atom stereocenters. The number of aromatic amines is 1. The lowest BCUT2D eigenvalue weighted by Crippen LogP contribution is -2.22. The highest BCUT2D eigenvalue weighted by Gasteiger charge is 2.09. The third-order valence-electron chi connectivity index (χ3n) is 4.25. The lowest BCUT2D eigenvalue weighted by Gasteiger charge is -2.06. The quantitative estimate of drug-likeness (QED) is 0.584. The van der Waals surface area contributed by atoms with Crippen molar-refractivity contribution in [2.45, 2.75) is 6.54 Å². The van der Waals surface area contributed by atoms with Crippen molar-refractivity contribution in [3.63, 3.8) is 0 Å². The fraction of sp³-hybridized carbons (Fsp3) is 0.105. The topological polar surface area (TPSA) is 79.8 Å². The number of amides is 1. The fourth-order valence-corrected chi connectivity index (χ4v) is 3.44. The number of rotatable bonds is 4. The Morgan fingerprint density at radius 1 is 1.23 bits per heavy atom. The van der Waals surface area contributed by atoms with Gasteiger partial charge in [0.05, 0.1) is 11.0 Å². The number of fused-ring (bicyclic) bond motifs is 1. The standard InChI is InChI=1S/C19H16N4O2S/c1-23-16-7-6-14(10-15(16)22-19(23)25)17(24)21-11-12-2-4-13(5-3-12)18-20-8-9-26-18/h2-10H,11H2,1H3,(H,21,24)(H,22,25). The van der Waals surface area contributed by atoms with E-state index in [-0.39, 0.29) is 11.6 Å². The number of H-pyrrole nitrogens is 1. The van der Waals surface area contributed by atoms with E-state index in [0.717, 1.165) is 21.7 Å². The Balaban J connectivity index is 1.46. The van der Waals surface area contributed by atoms with Crippen molar-refractivity contribution in [1.82, 2.24) is 19.9 Å². The summed E-state index contributed by atoms with van der Waals surface area (Å²) < 4.78 is 1.51. The van der Waals surface area contributed by atoms with E-state index in [2.05, 4.69) is 15.3 Å². The first-order valence-electron chi connectivity index (χ1n) is 8.07. The van der Waals surface area contributed by atoms with E-state index in [9.17, 15) is 9.59 Å². The zero-order chi connectivity index (χ0) is 18.1. The Bertz CT molecular complexity index is 1120. The van der Waals surface area contributed by atoms with E-state index in [0.29, 0.717) is 17.6 Å². The molecule has 2 heterocycles. The maximum Gasteiger partial charge on any atom is 0.326 e. The molecule has 6 nitrogen and oxygen atoms in total. The van der Waals surface area contributed by atoms with Crippen molar-refractivity contribution in [2.75, 3.05) is 0 Å². The second-order valence-electron chi connectivity index (χ2n) is 5.94. The number of carbonyl (C=O) groups excluding carboxylic acids is 1. The van der Waals surface area contributed by atoms with Crippen molar-refractivity contribution in [3.8, 4) is 10.6 Å².